The molecule has 0 saturated heterocycles. The van der Waals surface area contributed by atoms with Gasteiger partial charge in [0.1, 0.15) is 5.76 Å². The summed E-state index contributed by atoms with van der Waals surface area (Å²) in [7, 11) is 0. The van der Waals surface area contributed by atoms with Crippen LogP contribution in [0, 0.1) is 13.8 Å². The van der Waals surface area contributed by atoms with Crippen LogP contribution in [0.5, 0.6) is 0 Å². The lowest BCUT2D eigenvalue weighted by Crippen LogP contribution is -2.31. The van der Waals surface area contributed by atoms with E-state index >= 15 is 0 Å². The molecule has 0 saturated carbocycles. The molecule has 8 nitrogen and oxygen atoms in total. The van der Waals surface area contributed by atoms with Gasteiger partial charge in [-0.05, 0) is 38.3 Å². The van der Waals surface area contributed by atoms with Crippen LogP contribution in [0.1, 0.15) is 23.8 Å². The first-order chi connectivity index (χ1) is 13.8. The highest BCUT2D eigenvalue weighted by Gasteiger charge is 2.17. The van der Waals surface area contributed by atoms with E-state index in [9.17, 15) is 14.4 Å². The Morgan fingerprint density at radius 1 is 1.24 bits per heavy atom. The third-order valence-electron chi connectivity index (χ3n) is 4.04. The molecule has 29 heavy (non-hydrogen) atoms. The number of aryl methyl sites for hydroxylation is 2. The van der Waals surface area contributed by atoms with E-state index in [0.29, 0.717) is 24.5 Å². The van der Waals surface area contributed by atoms with E-state index in [4.69, 9.17) is 9.26 Å². The van der Waals surface area contributed by atoms with Gasteiger partial charge in [-0.15, -0.1) is 11.8 Å². The smallest absolute Gasteiger partial charge is 0.316 e. The van der Waals surface area contributed by atoms with Gasteiger partial charge in [-0.2, -0.15) is 0 Å². The first kappa shape index (κ1) is 22.5. The molecule has 1 aromatic heterocycles. The molecule has 0 unspecified atom stereocenters. The number of nitrogens with zero attached hydrogens (tertiary/aromatic N) is 1. The van der Waals surface area contributed by atoms with Gasteiger partial charge in [0.05, 0.1) is 11.0 Å². The Bertz CT molecular complexity index is 852. The Morgan fingerprint density at radius 2 is 2.00 bits per heavy atom. The summed E-state index contributed by atoms with van der Waals surface area (Å²) in [6, 6.07) is 9.55. The van der Waals surface area contributed by atoms with Crippen LogP contribution in [-0.2, 0) is 25.5 Å². The Labute approximate surface area is 173 Å². The molecule has 0 aliphatic rings. The van der Waals surface area contributed by atoms with Crippen LogP contribution in [-0.4, -0.2) is 47.1 Å². The molecule has 0 radical (unpaired) electrons. The lowest BCUT2D eigenvalue weighted by Gasteiger charge is -2.10. The number of rotatable bonds is 10. The van der Waals surface area contributed by atoms with E-state index < -0.39 is 11.2 Å². The second-order valence-corrected chi connectivity index (χ2v) is 7.78. The number of carbonyl (C=O) groups is 3. The predicted octanol–water partition coefficient (Wildman–Crippen LogP) is 2.25. The third kappa shape index (κ3) is 7.98. The number of carbonyl (C=O) groups excluding carboxylic acids is 3. The Morgan fingerprint density at radius 3 is 2.69 bits per heavy atom. The van der Waals surface area contributed by atoms with Crippen LogP contribution in [0.25, 0.3) is 0 Å². The van der Waals surface area contributed by atoms with Crippen LogP contribution in [0.15, 0.2) is 34.9 Å². The zero-order valence-corrected chi connectivity index (χ0v) is 17.5. The van der Waals surface area contributed by atoms with Gasteiger partial charge in [0.25, 0.3) is 5.91 Å². The van der Waals surface area contributed by atoms with Gasteiger partial charge in [-0.25, -0.2) is 0 Å². The van der Waals surface area contributed by atoms with Crippen LogP contribution in [0.4, 0.5) is 5.82 Å². The topological polar surface area (TPSA) is 111 Å². The maximum absolute atomic E-state index is 12.0. The van der Waals surface area contributed by atoms with Crippen molar-refractivity contribution in [1.82, 2.24) is 10.5 Å². The van der Waals surface area contributed by atoms with Gasteiger partial charge in [0, 0.05) is 12.6 Å². The summed E-state index contributed by atoms with van der Waals surface area (Å²) in [4.78, 5) is 35.6. The largest absolute Gasteiger partial charge is 0.455 e. The van der Waals surface area contributed by atoms with E-state index in [-0.39, 0.29) is 24.2 Å². The molecule has 0 fully saturated rings. The van der Waals surface area contributed by atoms with Crippen molar-refractivity contribution in [1.29, 1.82) is 0 Å². The molecule has 2 N–H and O–H groups in total. The number of anilines is 1. The summed E-state index contributed by atoms with van der Waals surface area (Å²) in [6.45, 7) is 5.53. The molecule has 0 aliphatic carbocycles. The maximum Gasteiger partial charge on any atom is 0.316 e. The zero-order chi connectivity index (χ0) is 21.2. The second kappa shape index (κ2) is 11.3. The number of thioether (sulfide) groups is 1. The number of hydrogen-bond acceptors (Lipinski definition) is 7. The van der Waals surface area contributed by atoms with Gasteiger partial charge in [-0.1, -0.05) is 29.4 Å². The third-order valence-corrected chi connectivity index (χ3v) is 5.16. The SMILES string of the molecule is Cc1cc(NC(=O)[C@H](C)SCC(=O)OCC(=O)NCCc2ccccc2C)no1. The van der Waals surface area contributed by atoms with Gasteiger partial charge in [0.2, 0.25) is 5.91 Å². The molecule has 156 valence electrons. The van der Waals surface area contributed by atoms with Crippen LogP contribution in [0.3, 0.4) is 0 Å². The van der Waals surface area contributed by atoms with Crippen molar-refractivity contribution in [3.63, 3.8) is 0 Å². The first-order valence-corrected chi connectivity index (χ1v) is 10.2. The summed E-state index contributed by atoms with van der Waals surface area (Å²) >= 11 is 1.11. The summed E-state index contributed by atoms with van der Waals surface area (Å²) in [6.07, 6.45) is 0.708. The number of aromatic nitrogens is 1. The normalized spacial score (nSPS) is 11.6. The molecule has 1 aromatic carbocycles. The fourth-order valence-electron chi connectivity index (χ4n) is 2.39. The van der Waals surface area contributed by atoms with Gasteiger partial charge in [-0.3, -0.25) is 14.4 Å². The number of nitrogens with one attached hydrogen (secondary N) is 2. The molecular formula is C20H25N3O5S. The Balaban J connectivity index is 1.60. The van der Waals surface area contributed by atoms with Gasteiger partial charge in [0.15, 0.2) is 12.4 Å². The van der Waals surface area contributed by atoms with E-state index in [2.05, 4.69) is 15.8 Å². The zero-order valence-electron chi connectivity index (χ0n) is 16.7. The van der Waals surface area contributed by atoms with E-state index in [1.54, 1.807) is 19.9 Å². The highest BCUT2D eigenvalue weighted by atomic mass is 32.2. The van der Waals surface area contributed by atoms with Gasteiger partial charge >= 0.3 is 5.97 Å². The quantitative estimate of drug-likeness (QED) is 0.568. The predicted molar refractivity (Wildman–Crippen MR) is 111 cm³/mol. The second-order valence-electron chi connectivity index (χ2n) is 6.45. The molecular weight excluding hydrogens is 394 g/mol. The average molecular weight is 420 g/mol. The molecule has 9 heteroatoms. The molecule has 2 aromatic rings. The highest BCUT2D eigenvalue weighted by Crippen LogP contribution is 2.14. The fraction of sp³-hybridized carbons (Fsp3) is 0.400. The summed E-state index contributed by atoms with van der Waals surface area (Å²) in [5.41, 5.74) is 2.33. The van der Waals surface area contributed by atoms with Crippen LogP contribution < -0.4 is 10.6 Å². The molecule has 2 amide bonds. The number of benzene rings is 1. The van der Waals surface area contributed by atoms with Crippen molar-refractivity contribution in [2.24, 2.45) is 0 Å². The minimum absolute atomic E-state index is 0.0388. The number of ether oxygens (including phenoxy) is 1. The first-order valence-electron chi connectivity index (χ1n) is 9.17. The molecule has 0 aliphatic heterocycles. The molecule has 0 spiro atoms. The van der Waals surface area contributed by atoms with Crippen molar-refractivity contribution in [2.45, 2.75) is 32.4 Å². The minimum atomic E-state index is -0.555. The summed E-state index contributed by atoms with van der Waals surface area (Å²) < 4.78 is 9.82. The summed E-state index contributed by atoms with van der Waals surface area (Å²) in [5, 5.41) is 8.50. The van der Waals surface area contributed by atoms with Crippen molar-refractivity contribution in [3.05, 3.63) is 47.2 Å². The van der Waals surface area contributed by atoms with Crippen molar-refractivity contribution in [2.75, 3.05) is 24.2 Å². The fourth-order valence-corrected chi connectivity index (χ4v) is 3.07. The standard InChI is InChI=1S/C20H25N3O5S/c1-13-6-4-5-7-16(13)8-9-21-18(24)11-27-19(25)12-29-15(3)20(26)22-17-10-14(2)28-23-17/h4-7,10,15H,8-9,11-12H2,1-3H3,(H,21,24)(H,22,23,26)/t15-/m0/s1. The van der Waals surface area contributed by atoms with E-state index in [1.807, 2.05) is 31.2 Å². The van der Waals surface area contributed by atoms with Crippen molar-refractivity contribution >= 4 is 35.4 Å². The number of amides is 2. The lowest BCUT2D eigenvalue weighted by atomic mass is 10.1. The average Bonchev–Trinajstić information content (AvgIpc) is 3.10. The van der Waals surface area contributed by atoms with E-state index in [1.165, 1.54) is 5.56 Å². The molecule has 2 rings (SSSR count). The van der Waals surface area contributed by atoms with E-state index in [0.717, 1.165) is 17.3 Å². The van der Waals surface area contributed by atoms with Gasteiger partial charge < -0.3 is 19.9 Å². The minimum Gasteiger partial charge on any atom is -0.455 e. The van der Waals surface area contributed by atoms with Crippen LogP contribution in [0.2, 0.25) is 0 Å². The molecule has 0 bridgehead atoms. The Kier molecular flexibility index (Phi) is 8.72. The summed E-state index contributed by atoms with van der Waals surface area (Å²) in [5.74, 6) is -0.343. The molecule has 1 atom stereocenters. The van der Waals surface area contributed by atoms with Crippen molar-refractivity contribution in [3.8, 4) is 0 Å². The Hall–Kier alpha value is -2.81. The lowest BCUT2D eigenvalue weighted by molar-refractivity contribution is -0.145. The van der Waals surface area contributed by atoms with Crippen molar-refractivity contribution < 1.29 is 23.6 Å². The molecule has 1 heterocycles. The highest BCUT2D eigenvalue weighted by molar-refractivity contribution is 8.01. The number of hydrogen-bond donors (Lipinski definition) is 2. The number of esters is 1. The maximum atomic E-state index is 12.0. The van der Waals surface area contributed by atoms with Crippen LogP contribution >= 0.6 is 11.8 Å². The monoisotopic (exact) mass is 419 g/mol.